The van der Waals surface area contributed by atoms with E-state index in [1.807, 2.05) is 17.0 Å². The number of amides is 1. The van der Waals surface area contributed by atoms with Crippen molar-refractivity contribution in [3.8, 4) is 11.4 Å². The predicted octanol–water partition coefficient (Wildman–Crippen LogP) is 6.11. The average Bonchev–Trinajstić information content (AvgIpc) is 3.57. The largest absolute Gasteiger partial charge is 0.496 e. The van der Waals surface area contributed by atoms with E-state index >= 15 is 0 Å². The summed E-state index contributed by atoms with van der Waals surface area (Å²) in [4.78, 5) is 20.1. The fourth-order valence-electron chi connectivity index (χ4n) is 7.10. The zero-order valence-corrected chi connectivity index (χ0v) is 29.3. The number of hydrogen-bond acceptors (Lipinski definition) is 7. The third-order valence-corrected chi connectivity index (χ3v) is 9.13. The monoisotopic (exact) mass is 719 g/mol. The van der Waals surface area contributed by atoms with Gasteiger partial charge < -0.3 is 9.64 Å². The molecule has 3 aromatic carbocycles. The number of tetrazole rings is 1. The smallest absolute Gasteiger partial charge is 0.453 e. The number of aromatic nitrogens is 4. The summed E-state index contributed by atoms with van der Waals surface area (Å²) in [7, 11) is 1.55. The molecule has 0 bridgehead atoms. The van der Waals surface area contributed by atoms with Crippen molar-refractivity contribution in [3.63, 3.8) is 0 Å². The maximum Gasteiger partial charge on any atom is 0.453 e. The first-order valence-corrected chi connectivity index (χ1v) is 16.0. The van der Waals surface area contributed by atoms with E-state index in [0.717, 1.165) is 12.1 Å². The van der Waals surface area contributed by atoms with Gasteiger partial charge in [-0.2, -0.15) is 17.9 Å². The first kappa shape index (κ1) is 38.1. The van der Waals surface area contributed by atoms with Crippen molar-refractivity contribution >= 4 is 30.7 Å². The van der Waals surface area contributed by atoms with Gasteiger partial charge in [0.05, 0.1) is 12.8 Å². The van der Waals surface area contributed by atoms with Crippen molar-refractivity contribution in [1.29, 1.82) is 0 Å². The van der Waals surface area contributed by atoms with Crippen molar-refractivity contribution < 1.29 is 22.7 Å². The number of ether oxygens (including phenoxy) is 1. The molecule has 2 saturated heterocycles. The van der Waals surface area contributed by atoms with Gasteiger partial charge in [0.25, 0.3) is 5.82 Å². The van der Waals surface area contributed by atoms with Crippen LogP contribution in [0.1, 0.15) is 48.7 Å². The zero-order chi connectivity index (χ0) is 33.1. The summed E-state index contributed by atoms with van der Waals surface area (Å²) >= 11 is 0. The average molecular weight is 721 g/mol. The van der Waals surface area contributed by atoms with Gasteiger partial charge in [-0.3, -0.25) is 14.6 Å². The second-order valence-corrected chi connectivity index (χ2v) is 12.8. The van der Waals surface area contributed by atoms with E-state index in [1.165, 1.54) is 17.2 Å². The minimum Gasteiger partial charge on any atom is -0.496 e. The molecule has 1 aromatic heterocycles. The number of piperazine rings is 2. The molecule has 49 heavy (non-hydrogen) atoms. The van der Waals surface area contributed by atoms with Crippen LogP contribution >= 0.6 is 24.8 Å². The van der Waals surface area contributed by atoms with Gasteiger partial charge in [0.15, 0.2) is 0 Å². The van der Waals surface area contributed by atoms with Gasteiger partial charge in [-0.25, -0.2) is 0 Å². The minimum atomic E-state index is -4.71. The Hall–Kier alpha value is -3.71. The van der Waals surface area contributed by atoms with Crippen LogP contribution in [0.25, 0.3) is 5.69 Å². The summed E-state index contributed by atoms with van der Waals surface area (Å²) in [6.07, 6.45) is -4.20. The van der Waals surface area contributed by atoms with E-state index in [4.69, 9.17) is 4.74 Å². The highest BCUT2D eigenvalue weighted by Gasteiger charge is 2.43. The molecule has 2 aliphatic heterocycles. The van der Waals surface area contributed by atoms with Crippen LogP contribution in [-0.2, 0) is 17.5 Å². The molecular weight excluding hydrogens is 678 g/mol. The molecule has 0 aliphatic carbocycles. The van der Waals surface area contributed by atoms with Gasteiger partial charge in [-0.1, -0.05) is 74.5 Å². The molecule has 6 rings (SSSR count). The Morgan fingerprint density at radius 1 is 0.918 bits per heavy atom. The Morgan fingerprint density at radius 2 is 1.57 bits per heavy atom. The van der Waals surface area contributed by atoms with Crippen LogP contribution in [-0.4, -0.2) is 92.7 Å². The van der Waals surface area contributed by atoms with Crippen molar-refractivity contribution in [2.75, 3.05) is 39.8 Å². The van der Waals surface area contributed by atoms with Crippen LogP contribution in [0.15, 0.2) is 78.9 Å². The second kappa shape index (κ2) is 16.3. The van der Waals surface area contributed by atoms with Gasteiger partial charge in [-0.15, -0.1) is 29.9 Å². The normalized spacial score (nSPS) is 18.5. The van der Waals surface area contributed by atoms with Crippen LogP contribution in [0.5, 0.6) is 5.75 Å². The van der Waals surface area contributed by atoms with Gasteiger partial charge in [0, 0.05) is 69.3 Å². The summed E-state index contributed by atoms with van der Waals surface area (Å²) in [5.41, 5.74) is 3.34. The molecule has 2 fully saturated rings. The standard InChI is InChI=1S/C35H40F3N7O2.2ClH/c1-24(2)18-32(46)43-16-17-44-29(22-43)21-42(23-30(44)33(25-10-6-4-7-11-25)26-12-8-5-9-13-26)20-27-19-28(14-15-31(27)47-3)45-34(35(36,37)38)39-40-41-45;;/h4-15,19,24,29-30,33H,16-18,20-23H2,1-3H3;2*1H/t29-,30+;;/m1../s1. The molecule has 2 atom stereocenters. The summed E-state index contributed by atoms with van der Waals surface area (Å²) < 4.78 is 47.4. The van der Waals surface area contributed by atoms with Gasteiger partial charge >= 0.3 is 6.18 Å². The zero-order valence-electron chi connectivity index (χ0n) is 27.7. The SMILES string of the molecule is COc1ccc(-n2nnnc2C(F)(F)F)cc1CN1C[C@@H]2CN(C(=O)CC(C)C)CCN2[C@H](C(c2ccccc2)c2ccccc2)C1.Cl.Cl. The van der Waals surface area contributed by atoms with Crippen LogP contribution in [0, 0.1) is 5.92 Å². The summed E-state index contributed by atoms with van der Waals surface area (Å²) in [6.45, 7) is 8.00. The Balaban J connectivity index is 0.00000270. The summed E-state index contributed by atoms with van der Waals surface area (Å²) in [6, 6.07) is 26.0. The lowest BCUT2D eigenvalue weighted by atomic mass is 9.81. The molecule has 3 heterocycles. The van der Waals surface area contributed by atoms with Crippen LogP contribution in [0.3, 0.4) is 0 Å². The van der Waals surface area contributed by atoms with Crippen LogP contribution < -0.4 is 4.74 Å². The lowest BCUT2D eigenvalue weighted by molar-refractivity contribution is -0.146. The number of halogens is 5. The summed E-state index contributed by atoms with van der Waals surface area (Å²) in [5, 5.41) is 10.1. The molecule has 1 amide bonds. The molecule has 0 N–H and O–H groups in total. The Bertz CT molecular complexity index is 1620. The molecule has 0 unspecified atom stereocenters. The molecule has 4 aromatic rings. The maximum absolute atomic E-state index is 13.7. The Morgan fingerprint density at radius 3 is 2.16 bits per heavy atom. The highest BCUT2D eigenvalue weighted by Crippen LogP contribution is 2.37. The number of methoxy groups -OCH3 is 1. The Labute approximate surface area is 297 Å². The topological polar surface area (TPSA) is 79.6 Å². The number of alkyl halides is 3. The van der Waals surface area contributed by atoms with E-state index in [9.17, 15) is 18.0 Å². The van der Waals surface area contributed by atoms with E-state index in [1.54, 1.807) is 19.2 Å². The fourth-order valence-corrected chi connectivity index (χ4v) is 7.10. The molecule has 2 aliphatic rings. The van der Waals surface area contributed by atoms with E-state index in [-0.39, 0.29) is 60.3 Å². The minimum absolute atomic E-state index is 0. The van der Waals surface area contributed by atoms with Gasteiger partial charge in [-0.05, 0) is 45.7 Å². The third-order valence-electron chi connectivity index (χ3n) is 9.13. The van der Waals surface area contributed by atoms with E-state index in [0.29, 0.717) is 49.6 Å². The number of carbonyl (C=O) groups is 1. The predicted molar refractivity (Wildman–Crippen MR) is 186 cm³/mol. The molecule has 9 nitrogen and oxygen atoms in total. The molecule has 0 spiro atoms. The lowest BCUT2D eigenvalue weighted by Crippen LogP contribution is -2.67. The van der Waals surface area contributed by atoms with E-state index in [2.05, 4.69) is 87.7 Å². The quantitative estimate of drug-likeness (QED) is 0.207. The summed E-state index contributed by atoms with van der Waals surface area (Å²) in [5.74, 6) is -0.121. The molecule has 0 saturated carbocycles. The van der Waals surface area contributed by atoms with Crippen molar-refractivity contribution in [1.82, 2.24) is 34.9 Å². The van der Waals surface area contributed by atoms with Crippen LogP contribution in [0.4, 0.5) is 13.2 Å². The number of rotatable bonds is 9. The number of fused-ring (bicyclic) bond motifs is 1. The molecule has 264 valence electrons. The first-order chi connectivity index (χ1) is 22.6. The van der Waals surface area contributed by atoms with Gasteiger partial charge in [0.1, 0.15) is 5.75 Å². The second-order valence-electron chi connectivity index (χ2n) is 12.8. The number of nitrogens with zero attached hydrogens (tertiary/aromatic N) is 7. The number of carbonyl (C=O) groups excluding carboxylic acids is 1. The van der Waals surface area contributed by atoms with Gasteiger partial charge in [0.2, 0.25) is 5.91 Å². The van der Waals surface area contributed by atoms with Crippen LogP contribution in [0.2, 0.25) is 0 Å². The first-order valence-electron chi connectivity index (χ1n) is 16.0. The van der Waals surface area contributed by atoms with Crippen molar-refractivity contribution in [3.05, 3.63) is 101 Å². The number of hydrogen-bond donors (Lipinski definition) is 0. The van der Waals surface area contributed by atoms with Crippen molar-refractivity contribution in [2.45, 2.75) is 51.0 Å². The fraction of sp³-hybridized carbons (Fsp3) is 0.429. The maximum atomic E-state index is 13.7. The third kappa shape index (κ3) is 8.54. The highest BCUT2D eigenvalue weighted by molar-refractivity contribution is 5.85. The lowest BCUT2D eigenvalue weighted by Gasteiger charge is -2.53. The molecule has 14 heteroatoms. The number of benzene rings is 3. The molecular formula is C35H42Cl2F3N7O2. The highest BCUT2D eigenvalue weighted by atomic mass is 35.5. The van der Waals surface area contributed by atoms with Crippen molar-refractivity contribution in [2.24, 2.45) is 5.92 Å². The van der Waals surface area contributed by atoms with E-state index < -0.39 is 12.0 Å². The Kier molecular flexibility index (Phi) is 12.7. The molecule has 0 radical (unpaired) electrons.